The molecule has 0 spiro atoms. The molecule has 2 N–H and O–H groups in total. The summed E-state index contributed by atoms with van der Waals surface area (Å²) < 4.78 is 4.97. The van der Waals surface area contributed by atoms with E-state index in [0.717, 1.165) is 6.61 Å². The highest BCUT2D eigenvalue weighted by molar-refractivity contribution is 5.85. The largest absolute Gasteiger partial charge is 0.380 e. The normalized spacial score (nSPS) is 12.4. The van der Waals surface area contributed by atoms with Crippen LogP contribution in [-0.2, 0) is 4.74 Å². The lowest BCUT2D eigenvalue weighted by Crippen LogP contribution is -2.21. The highest BCUT2D eigenvalue weighted by Crippen LogP contribution is 1.76. The summed E-state index contributed by atoms with van der Waals surface area (Å²) in [5.41, 5.74) is 5.35. The van der Waals surface area contributed by atoms with Crippen LogP contribution in [0.1, 0.15) is 13.8 Å². The molecule has 0 radical (unpaired) electrons. The lowest BCUT2D eigenvalue weighted by molar-refractivity contribution is 0.137. The zero-order valence-corrected chi connectivity index (χ0v) is 6.20. The highest BCUT2D eigenvalue weighted by Gasteiger charge is 1.88. The van der Waals surface area contributed by atoms with Gasteiger partial charge in [0.2, 0.25) is 0 Å². The summed E-state index contributed by atoms with van der Waals surface area (Å²) in [6, 6.07) is 0.181. The van der Waals surface area contributed by atoms with Crippen molar-refractivity contribution in [1.82, 2.24) is 0 Å². The minimum atomic E-state index is 0. The molecule has 3 heteroatoms. The zero-order chi connectivity index (χ0) is 5.70. The third-order valence-corrected chi connectivity index (χ3v) is 0.585. The van der Waals surface area contributed by atoms with Crippen LogP contribution >= 0.6 is 12.4 Å². The maximum atomic E-state index is 5.35. The summed E-state index contributed by atoms with van der Waals surface area (Å²) in [6.07, 6.45) is 0. The van der Waals surface area contributed by atoms with E-state index in [0.29, 0.717) is 6.61 Å². The molecule has 0 aromatic rings. The Labute approximate surface area is 56.8 Å². The van der Waals surface area contributed by atoms with Crippen LogP contribution in [0.15, 0.2) is 0 Å². The molecule has 8 heavy (non-hydrogen) atoms. The second-order valence-electron chi connectivity index (χ2n) is 1.64. The van der Waals surface area contributed by atoms with Gasteiger partial charge in [0.25, 0.3) is 0 Å². The van der Waals surface area contributed by atoms with E-state index in [1.807, 2.05) is 13.8 Å². The number of halogens is 1. The predicted molar refractivity (Wildman–Crippen MR) is 37.4 cm³/mol. The SMILES string of the molecule is CCOC[C@H](C)N.Cl. The molecule has 0 heterocycles. The fourth-order valence-electron chi connectivity index (χ4n) is 0.304. The van der Waals surface area contributed by atoms with Gasteiger partial charge in [-0.05, 0) is 13.8 Å². The number of hydrogen-bond donors (Lipinski definition) is 1. The van der Waals surface area contributed by atoms with Gasteiger partial charge in [0, 0.05) is 12.6 Å². The van der Waals surface area contributed by atoms with Gasteiger partial charge in [-0.25, -0.2) is 0 Å². The Morgan fingerprint density at radius 1 is 1.62 bits per heavy atom. The molecule has 0 aliphatic carbocycles. The van der Waals surface area contributed by atoms with Crippen LogP contribution in [0.4, 0.5) is 0 Å². The average Bonchev–Trinajstić information content (AvgIpc) is 1.61. The second kappa shape index (κ2) is 7.21. The van der Waals surface area contributed by atoms with Crippen molar-refractivity contribution in [1.29, 1.82) is 0 Å². The van der Waals surface area contributed by atoms with Crippen molar-refractivity contribution in [2.75, 3.05) is 13.2 Å². The van der Waals surface area contributed by atoms with Crippen molar-refractivity contribution in [3.63, 3.8) is 0 Å². The van der Waals surface area contributed by atoms with E-state index in [2.05, 4.69) is 0 Å². The summed E-state index contributed by atoms with van der Waals surface area (Å²) in [4.78, 5) is 0. The lowest BCUT2D eigenvalue weighted by atomic mass is 10.4. The van der Waals surface area contributed by atoms with Gasteiger partial charge in [0.15, 0.2) is 0 Å². The van der Waals surface area contributed by atoms with Crippen molar-refractivity contribution in [2.24, 2.45) is 5.73 Å². The van der Waals surface area contributed by atoms with Gasteiger partial charge < -0.3 is 10.5 Å². The van der Waals surface area contributed by atoms with Crippen molar-refractivity contribution >= 4 is 12.4 Å². The molecular formula is C5H14ClNO. The van der Waals surface area contributed by atoms with Crippen LogP contribution < -0.4 is 5.73 Å². The molecule has 0 fully saturated rings. The topological polar surface area (TPSA) is 35.2 Å². The molecule has 0 saturated carbocycles. The molecule has 0 unspecified atom stereocenters. The second-order valence-corrected chi connectivity index (χ2v) is 1.64. The van der Waals surface area contributed by atoms with E-state index in [9.17, 15) is 0 Å². The number of rotatable bonds is 3. The van der Waals surface area contributed by atoms with Crippen LogP contribution in [0, 0.1) is 0 Å². The minimum Gasteiger partial charge on any atom is -0.380 e. The van der Waals surface area contributed by atoms with Gasteiger partial charge in [0.05, 0.1) is 6.61 Å². The maximum absolute atomic E-state index is 5.35. The van der Waals surface area contributed by atoms with Gasteiger partial charge in [-0.2, -0.15) is 0 Å². The molecule has 0 aromatic carbocycles. The van der Waals surface area contributed by atoms with Crippen LogP contribution in [0.2, 0.25) is 0 Å². The zero-order valence-electron chi connectivity index (χ0n) is 5.39. The molecule has 0 aliphatic heterocycles. The fraction of sp³-hybridized carbons (Fsp3) is 1.00. The van der Waals surface area contributed by atoms with E-state index in [-0.39, 0.29) is 18.4 Å². The molecule has 0 saturated heterocycles. The summed E-state index contributed by atoms with van der Waals surface area (Å²) in [5.74, 6) is 0. The van der Waals surface area contributed by atoms with Crippen molar-refractivity contribution in [2.45, 2.75) is 19.9 Å². The average molecular weight is 140 g/mol. The van der Waals surface area contributed by atoms with Crippen molar-refractivity contribution in [3.05, 3.63) is 0 Å². The summed E-state index contributed by atoms with van der Waals surface area (Å²) in [7, 11) is 0. The molecule has 0 amide bonds. The first-order valence-electron chi connectivity index (χ1n) is 2.60. The van der Waals surface area contributed by atoms with E-state index in [1.165, 1.54) is 0 Å². The first kappa shape index (κ1) is 11.1. The van der Waals surface area contributed by atoms with Gasteiger partial charge in [0.1, 0.15) is 0 Å². The number of hydrogen-bond acceptors (Lipinski definition) is 2. The summed E-state index contributed by atoms with van der Waals surface area (Å²) in [5, 5.41) is 0. The monoisotopic (exact) mass is 139 g/mol. The Bertz CT molecular complexity index is 41.4. The Morgan fingerprint density at radius 2 is 2.12 bits per heavy atom. The van der Waals surface area contributed by atoms with Crippen LogP contribution in [0.3, 0.4) is 0 Å². The molecule has 0 rings (SSSR count). The lowest BCUT2D eigenvalue weighted by Gasteiger charge is -2.01. The molecule has 2 nitrogen and oxygen atoms in total. The van der Waals surface area contributed by atoms with Crippen LogP contribution in [0.25, 0.3) is 0 Å². The molecule has 52 valence electrons. The number of nitrogens with two attached hydrogens (primary N) is 1. The third kappa shape index (κ3) is 9.51. The highest BCUT2D eigenvalue weighted by atomic mass is 35.5. The molecule has 0 bridgehead atoms. The molecule has 0 aliphatic rings. The van der Waals surface area contributed by atoms with Crippen molar-refractivity contribution in [3.8, 4) is 0 Å². The summed E-state index contributed by atoms with van der Waals surface area (Å²) >= 11 is 0. The van der Waals surface area contributed by atoms with E-state index in [4.69, 9.17) is 10.5 Å². The van der Waals surface area contributed by atoms with Crippen molar-refractivity contribution < 1.29 is 4.74 Å². The van der Waals surface area contributed by atoms with Gasteiger partial charge in [-0.1, -0.05) is 0 Å². The standard InChI is InChI=1S/C5H13NO.ClH/c1-3-7-4-5(2)6;/h5H,3-4,6H2,1-2H3;1H/t5-;/m0./s1. The summed E-state index contributed by atoms with van der Waals surface area (Å²) in [6.45, 7) is 5.33. The third-order valence-electron chi connectivity index (χ3n) is 0.585. The number of ether oxygens (including phenoxy) is 1. The first-order chi connectivity index (χ1) is 3.27. The Morgan fingerprint density at radius 3 is 2.25 bits per heavy atom. The Balaban J connectivity index is 0. The fourth-order valence-corrected chi connectivity index (χ4v) is 0.304. The Kier molecular flexibility index (Phi) is 9.97. The van der Waals surface area contributed by atoms with E-state index < -0.39 is 0 Å². The van der Waals surface area contributed by atoms with E-state index >= 15 is 0 Å². The molecular weight excluding hydrogens is 126 g/mol. The van der Waals surface area contributed by atoms with Crippen LogP contribution in [-0.4, -0.2) is 19.3 Å². The quantitative estimate of drug-likeness (QED) is 0.628. The maximum Gasteiger partial charge on any atom is 0.0614 e. The van der Waals surface area contributed by atoms with Gasteiger partial charge in [-0.3, -0.25) is 0 Å². The van der Waals surface area contributed by atoms with Gasteiger partial charge in [-0.15, -0.1) is 12.4 Å². The van der Waals surface area contributed by atoms with Gasteiger partial charge >= 0.3 is 0 Å². The van der Waals surface area contributed by atoms with Crippen LogP contribution in [0.5, 0.6) is 0 Å². The van der Waals surface area contributed by atoms with E-state index in [1.54, 1.807) is 0 Å². The Hall–Kier alpha value is 0.210. The smallest absolute Gasteiger partial charge is 0.0614 e. The molecule has 0 aromatic heterocycles. The first-order valence-corrected chi connectivity index (χ1v) is 2.60. The minimum absolute atomic E-state index is 0. The molecule has 1 atom stereocenters. The predicted octanol–water partition coefficient (Wildman–Crippen LogP) is 0.792.